The van der Waals surface area contributed by atoms with E-state index in [-0.39, 0.29) is 5.78 Å². The summed E-state index contributed by atoms with van der Waals surface area (Å²) in [5, 5.41) is 0. The molecule has 2 heteroatoms. The highest BCUT2D eigenvalue weighted by molar-refractivity contribution is 6.09. The van der Waals surface area contributed by atoms with Gasteiger partial charge in [-0.25, -0.2) is 0 Å². The molecule has 5 radical (unpaired) electrons. The minimum absolute atomic E-state index is 0.193. The zero-order valence-electron chi connectivity index (χ0n) is 8.60. The predicted octanol–water partition coefficient (Wildman–Crippen LogP) is 1.86. The standard InChI is InChI=1S/C14H10NO/c15-13-8-6-12(7-9-13)14(16)10-5-11-3-1-2-4-11/h1-4,6-9H,15H2. The van der Waals surface area contributed by atoms with Crippen LogP contribution in [0.25, 0.3) is 0 Å². The van der Waals surface area contributed by atoms with E-state index in [0.29, 0.717) is 11.3 Å². The van der Waals surface area contributed by atoms with Crippen LogP contribution in [0.2, 0.25) is 0 Å². The highest BCUT2D eigenvalue weighted by Crippen LogP contribution is 2.21. The molecule has 0 unspecified atom stereocenters. The van der Waals surface area contributed by atoms with Crippen molar-refractivity contribution in [1.29, 1.82) is 0 Å². The Hall–Kier alpha value is -1.75. The SMILES string of the molecule is Nc1ccc(C(=O)C#C[C]2[CH][CH][CH][CH]2)cc1. The fourth-order valence-electron chi connectivity index (χ4n) is 1.29. The molecule has 2 N–H and O–H groups in total. The summed E-state index contributed by atoms with van der Waals surface area (Å²) in [5.41, 5.74) is 6.73. The van der Waals surface area contributed by atoms with Gasteiger partial charge in [0.05, 0.1) is 5.92 Å². The Morgan fingerprint density at radius 3 is 2.31 bits per heavy atom. The summed E-state index contributed by atoms with van der Waals surface area (Å²) in [5.74, 6) is 6.06. The topological polar surface area (TPSA) is 43.1 Å². The van der Waals surface area contributed by atoms with E-state index in [2.05, 4.69) is 11.8 Å². The smallest absolute Gasteiger partial charge is 0.235 e. The lowest BCUT2D eigenvalue weighted by molar-refractivity contribution is 0.105. The molecule has 0 heterocycles. The molecule has 0 atom stereocenters. The Labute approximate surface area is 95.8 Å². The van der Waals surface area contributed by atoms with Gasteiger partial charge < -0.3 is 5.73 Å². The first kappa shape index (κ1) is 10.8. The summed E-state index contributed by atoms with van der Waals surface area (Å²) in [6.07, 6.45) is 7.50. The van der Waals surface area contributed by atoms with Crippen LogP contribution in [-0.4, -0.2) is 5.78 Å². The summed E-state index contributed by atoms with van der Waals surface area (Å²) in [6, 6.07) is 6.74. The van der Waals surface area contributed by atoms with E-state index in [0.717, 1.165) is 5.92 Å². The van der Waals surface area contributed by atoms with Gasteiger partial charge in [-0.2, -0.15) is 0 Å². The first-order valence-corrected chi connectivity index (χ1v) is 4.89. The van der Waals surface area contributed by atoms with Crippen LogP contribution in [0.5, 0.6) is 0 Å². The van der Waals surface area contributed by atoms with Gasteiger partial charge in [-0.15, -0.1) is 0 Å². The number of carbonyl (C=O) groups is 1. The van der Waals surface area contributed by atoms with Gasteiger partial charge >= 0.3 is 0 Å². The van der Waals surface area contributed by atoms with Crippen LogP contribution in [0.3, 0.4) is 0 Å². The molecule has 1 aliphatic rings. The highest BCUT2D eigenvalue weighted by atomic mass is 16.1. The van der Waals surface area contributed by atoms with Crippen LogP contribution >= 0.6 is 0 Å². The quantitative estimate of drug-likeness (QED) is 0.331. The number of Topliss-reactive ketones (excluding diaryl/α,β-unsaturated/α-hetero) is 1. The van der Waals surface area contributed by atoms with Gasteiger partial charge in [0.25, 0.3) is 0 Å². The van der Waals surface area contributed by atoms with Gasteiger partial charge in [-0.3, -0.25) is 4.79 Å². The molecule has 1 aromatic carbocycles. The third kappa shape index (κ3) is 2.64. The fraction of sp³-hybridized carbons (Fsp3) is 0. The van der Waals surface area contributed by atoms with Crippen molar-refractivity contribution in [2.24, 2.45) is 0 Å². The second-order valence-electron chi connectivity index (χ2n) is 3.37. The summed E-state index contributed by atoms with van der Waals surface area (Å²) < 4.78 is 0. The van der Waals surface area contributed by atoms with Gasteiger partial charge in [0.15, 0.2) is 0 Å². The van der Waals surface area contributed by atoms with Crippen LogP contribution in [0.15, 0.2) is 24.3 Å². The van der Waals surface area contributed by atoms with E-state index in [1.165, 1.54) is 0 Å². The van der Waals surface area contributed by atoms with Crippen LogP contribution in [0.1, 0.15) is 10.4 Å². The van der Waals surface area contributed by atoms with E-state index in [4.69, 9.17) is 5.73 Å². The molecule has 1 saturated carbocycles. The average Bonchev–Trinajstić information content (AvgIpc) is 2.80. The van der Waals surface area contributed by atoms with Crippen molar-refractivity contribution in [3.8, 4) is 11.8 Å². The fourth-order valence-corrected chi connectivity index (χ4v) is 1.29. The van der Waals surface area contributed by atoms with E-state index >= 15 is 0 Å². The molecule has 0 saturated heterocycles. The zero-order chi connectivity index (χ0) is 11.4. The molecule has 1 fully saturated rings. The number of anilines is 1. The third-order valence-corrected chi connectivity index (χ3v) is 2.16. The van der Waals surface area contributed by atoms with Crippen molar-refractivity contribution in [2.45, 2.75) is 0 Å². The lowest BCUT2D eigenvalue weighted by atomic mass is 10.1. The maximum atomic E-state index is 11.6. The zero-order valence-corrected chi connectivity index (χ0v) is 8.60. The van der Waals surface area contributed by atoms with E-state index in [1.54, 1.807) is 24.3 Å². The molecule has 0 bridgehead atoms. The molecule has 16 heavy (non-hydrogen) atoms. The Bertz CT molecular complexity index is 430. The first-order valence-electron chi connectivity index (χ1n) is 4.89. The van der Waals surface area contributed by atoms with Gasteiger partial charge in [-0.05, 0) is 55.9 Å². The summed E-state index contributed by atoms with van der Waals surface area (Å²) in [6.45, 7) is 0. The van der Waals surface area contributed by atoms with Crippen molar-refractivity contribution in [1.82, 2.24) is 0 Å². The average molecular weight is 208 g/mol. The van der Waals surface area contributed by atoms with E-state index in [1.807, 2.05) is 25.7 Å². The molecule has 0 aromatic heterocycles. The van der Waals surface area contributed by atoms with E-state index in [9.17, 15) is 4.79 Å². The summed E-state index contributed by atoms with van der Waals surface area (Å²) in [7, 11) is 0. The number of rotatable bonds is 1. The maximum Gasteiger partial charge on any atom is 0.235 e. The first-order chi connectivity index (χ1) is 7.75. The van der Waals surface area contributed by atoms with Crippen LogP contribution < -0.4 is 5.73 Å². The molecule has 1 aromatic rings. The molecule has 2 nitrogen and oxygen atoms in total. The normalized spacial score (nSPS) is 15.5. The number of nitrogen functional groups attached to an aromatic ring is 1. The van der Waals surface area contributed by atoms with Crippen molar-refractivity contribution in [3.63, 3.8) is 0 Å². The summed E-state index contributed by atoms with van der Waals surface area (Å²) >= 11 is 0. The number of hydrogen-bond acceptors (Lipinski definition) is 2. The largest absolute Gasteiger partial charge is 0.399 e. The van der Waals surface area contributed by atoms with Gasteiger partial charge in [0, 0.05) is 11.3 Å². The van der Waals surface area contributed by atoms with Crippen molar-refractivity contribution in [3.05, 3.63) is 61.4 Å². The minimum atomic E-state index is -0.193. The Kier molecular flexibility index (Phi) is 3.26. The monoisotopic (exact) mass is 208 g/mol. The lowest BCUT2D eigenvalue weighted by Gasteiger charge is -1.96. The van der Waals surface area contributed by atoms with Crippen molar-refractivity contribution < 1.29 is 4.79 Å². The molecule has 77 valence electrons. The lowest BCUT2D eigenvalue weighted by Crippen LogP contribution is -1.96. The molecular formula is C14H10NO. The van der Waals surface area contributed by atoms with E-state index < -0.39 is 0 Å². The molecule has 0 spiro atoms. The Morgan fingerprint density at radius 2 is 1.69 bits per heavy atom. The molecule has 2 rings (SSSR count). The third-order valence-electron chi connectivity index (χ3n) is 2.16. The Balaban J connectivity index is 2.04. The van der Waals surface area contributed by atoms with Gasteiger partial charge in [0.1, 0.15) is 0 Å². The Morgan fingerprint density at radius 1 is 1.06 bits per heavy atom. The number of ketones is 1. The van der Waals surface area contributed by atoms with Gasteiger partial charge in [-0.1, -0.05) is 5.92 Å². The molecule has 0 aliphatic heterocycles. The maximum absolute atomic E-state index is 11.6. The number of carbonyl (C=O) groups excluding carboxylic acids is 1. The highest BCUT2D eigenvalue weighted by Gasteiger charge is 2.14. The minimum Gasteiger partial charge on any atom is -0.399 e. The second kappa shape index (κ2) is 4.85. The van der Waals surface area contributed by atoms with Gasteiger partial charge in [0.2, 0.25) is 5.78 Å². The molecular weight excluding hydrogens is 198 g/mol. The van der Waals surface area contributed by atoms with Crippen molar-refractivity contribution in [2.75, 3.05) is 5.73 Å². The molecule has 1 aliphatic carbocycles. The summed E-state index contributed by atoms with van der Waals surface area (Å²) in [4.78, 5) is 11.6. The number of benzene rings is 1. The van der Waals surface area contributed by atoms with Crippen LogP contribution in [0, 0.1) is 43.4 Å². The van der Waals surface area contributed by atoms with Crippen LogP contribution in [0.4, 0.5) is 5.69 Å². The number of hydrogen-bond donors (Lipinski definition) is 1. The van der Waals surface area contributed by atoms with Crippen molar-refractivity contribution >= 4 is 11.5 Å². The molecule has 0 amide bonds. The second-order valence-corrected chi connectivity index (χ2v) is 3.37. The predicted molar refractivity (Wildman–Crippen MR) is 63.4 cm³/mol. The number of nitrogens with two attached hydrogens (primary N) is 1. The van der Waals surface area contributed by atoms with Crippen LogP contribution in [-0.2, 0) is 0 Å².